The molecule has 0 aliphatic carbocycles. The fourth-order valence-electron chi connectivity index (χ4n) is 1.98. The molecule has 0 aliphatic heterocycles. The Balaban J connectivity index is 1.91. The average molecular weight is 366 g/mol. The molecular weight excluding hydrogens is 349 g/mol. The van der Waals surface area contributed by atoms with Gasteiger partial charge < -0.3 is 4.90 Å². The lowest BCUT2D eigenvalue weighted by Crippen LogP contribution is -2.47. The molecule has 24 heavy (non-hydrogen) atoms. The van der Waals surface area contributed by atoms with Crippen LogP contribution in [0.25, 0.3) is 0 Å². The summed E-state index contributed by atoms with van der Waals surface area (Å²) in [6.07, 6.45) is 0. The van der Waals surface area contributed by atoms with Crippen LogP contribution in [-0.2, 0) is 6.54 Å². The van der Waals surface area contributed by atoms with E-state index in [9.17, 15) is 9.59 Å². The van der Waals surface area contributed by atoms with Gasteiger partial charge in [0.1, 0.15) is 0 Å². The van der Waals surface area contributed by atoms with E-state index in [0.29, 0.717) is 21.2 Å². The molecule has 2 aromatic carbocycles. The predicted molar refractivity (Wildman–Crippen MR) is 95.1 cm³/mol. The molecule has 3 amide bonds. The minimum Gasteiger partial charge on any atom is -0.322 e. The van der Waals surface area contributed by atoms with Crippen molar-refractivity contribution < 1.29 is 9.59 Å². The number of benzene rings is 2. The second-order valence-electron chi connectivity index (χ2n) is 5.32. The smallest absolute Gasteiger partial charge is 0.322 e. The van der Waals surface area contributed by atoms with E-state index in [-0.39, 0.29) is 6.54 Å². The van der Waals surface area contributed by atoms with Gasteiger partial charge in [-0.05, 0) is 30.7 Å². The quantitative estimate of drug-likeness (QED) is 0.812. The minimum absolute atomic E-state index is 0.256. The van der Waals surface area contributed by atoms with E-state index in [1.54, 1.807) is 37.4 Å². The summed E-state index contributed by atoms with van der Waals surface area (Å²) in [5.74, 6) is -0.391. The van der Waals surface area contributed by atoms with Gasteiger partial charge in [-0.1, -0.05) is 53.0 Å². The predicted octanol–water partition coefficient (Wildman–Crippen LogP) is 3.79. The lowest BCUT2D eigenvalue weighted by atomic mass is 10.1. The highest BCUT2D eigenvalue weighted by Crippen LogP contribution is 2.26. The van der Waals surface area contributed by atoms with E-state index in [1.165, 1.54) is 4.90 Å². The summed E-state index contributed by atoms with van der Waals surface area (Å²) < 4.78 is 0. The molecule has 2 aromatic rings. The number of carbonyl (C=O) groups excluding carboxylic acids is 2. The van der Waals surface area contributed by atoms with Crippen LogP contribution in [0.5, 0.6) is 0 Å². The molecule has 0 saturated carbocycles. The van der Waals surface area contributed by atoms with Gasteiger partial charge in [0.2, 0.25) is 0 Å². The van der Waals surface area contributed by atoms with Gasteiger partial charge in [0, 0.05) is 19.2 Å². The Bertz CT molecular complexity index is 748. The van der Waals surface area contributed by atoms with Gasteiger partial charge >= 0.3 is 6.03 Å². The van der Waals surface area contributed by atoms with Gasteiger partial charge in [-0.15, -0.1) is 0 Å². The maximum absolute atomic E-state index is 12.1. The van der Waals surface area contributed by atoms with E-state index < -0.39 is 11.9 Å². The number of hydrogen-bond acceptors (Lipinski definition) is 2. The second-order valence-corrected chi connectivity index (χ2v) is 6.10. The molecule has 2 rings (SSSR count). The molecule has 7 heteroatoms. The summed E-state index contributed by atoms with van der Waals surface area (Å²) in [7, 11) is 1.59. The Hall–Kier alpha value is -2.24. The first-order valence-electron chi connectivity index (χ1n) is 7.19. The number of aryl methyl sites for hydroxylation is 1. The molecule has 0 unspecified atom stereocenters. The van der Waals surface area contributed by atoms with Crippen molar-refractivity contribution in [2.45, 2.75) is 13.5 Å². The third kappa shape index (κ3) is 4.63. The largest absolute Gasteiger partial charge is 0.336 e. The summed E-state index contributed by atoms with van der Waals surface area (Å²) >= 11 is 12.1. The number of hydrogen-bond donors (Lipinski definition) is 2. The first-order chi connectivity index (χ1) is 11.4. The lowest BCUT2D eigenvalue weighted by Gasteiger charge is -2.19. The molecule has 0 radical (unpaired) electrons. The first-order valence-corrected chi connectivity index (χ1v) is 7.95. The zero-order chi connectivity index (χ0) is 17.7. The second kappa shape index (κ2) is 8.04. The molecule has 0 aromatic heterocycles. The van der Waals surface area contributed by atoms with Crippen molar-refractivity contribution in [3.8, 4) is 0 Å². The third-order valence-electron chi connectivity index (χ3n) is 3.38. The summed E-state index contributed by atoms with van der Waals surface area (Å²) in [6.45, 7) is 2.19. The first kappa shape index (κ1) is 18.1. The van der Waals surface area contributed by atoms with E-state index in [4.69, 9.17) is 23.2 Å². The monoisotopic (exact) mass is 365 g/mol. The zero-order valence-corrected chi connectivity index (χ0v) is 14.8. The van der Waals surface area contributed by atoms with Crippen LogP contribution in [0, 0.1) is 6.92 Å². The van der Waals surface area contributed by atoms with Crippen molar-refractivity contribution in [3.63, 3.8) is 0 Å². The van der Waals surface area contributed by atoms with Crippen LogP contribution in [0.15, 0.2) is 42.5 Å². The number of carbonyl (C=O) groups is 2. The van der Waals surface area contributed by atoms with Crippen LogP contribution >= 0.6 is 23.2 Å². The van der Waals surface area contributed by atoms with Gasteiger partial charge in [-0.25, -0.2) is 10.2 Å². The maximum Gasteiger partial charge on any atom is 0.336 e. The normalized spacial score (nSPS) is 10.2. The van der Waals surface area contributed by atoms with Crippen LogP contribution in [-0.4, -0.2) is 23.9 Å². The molecule has 126 valence electrons. The molecule has 0 aliphatic rings. The molecule has 0 spiro atoms. The van der Waals surface area contributed by atoms with Crippen molar-refractivity contribution in [2.24, 2.45) is 0 Å². The van der Waals surface area contributed by atoms with Gasteiger partial charge in [-0.3, -0.25) is 10.2 Å². The number of urea groups is 1. The van der Waals surface area contributed by atoms with Gasteiger partial charge in [0.05, 0.1) is 10.0 Å². The van der Waals surface area contributed by atoms with E-state index >= 15 is 0 Å². The summed E-state index contributed by atoms with van der Waals surface area (Å²) in [5, 5.41) is 0.832. The van der Waals surface area contributed by atoms with E-state index in [1.807, 2.05) is 19.1 Å². The Morgan fingerprint density at radius 1 is 1.04 bits per heavy atom. The molecule has 0 saturated heterocycles. The highest BCUT2D eigenvalue weighted by atomic mass is 35.5. The summed E-state index contributed by atoms with van der Waals surface area (Å²) in [4.78, 5) is 25.4. The van der Waals surface area contributed by atoms with E-state index in [2.05, 4.69) is 10.9 Å². The van der Waals surface area contributed by atoms with Crippen molar-refractivity contribution >= 4 is 35.1 Å². The number of rotatable bonds is 3. The van der Waals surface area contributed by atoms with Crippen LogP contribution < -0.4 is 10.9 Å². The Morgan fingerprint density at radius 2 is 1.71 bits per heavy atom. The molecule has 0 atom stereocenters. The maximum atomic E-state index is 12.1. The minimum atomic E-state index is -0.466. The van der Waals surface area contributed by atoms with Crippen LogP contribution in [0.3, 0.4) is 0 Å². The van der Waals surface area contributed by atoms with Crippen molar-refractivity contribution in [1.82, 2.24) is 15.8 Å². The number of nitrogens with one attached hydrogen (secondary N) is 2. The Morgan fingerprint density at radius 3 is 2.38 bits per heavy atom. The molecule has 0 heterocycles. The van der Waals surface area contributed by atoms with Crippen LogP contribution in [0.1, 0.15) is 21.5 Å². The Labute approximate surface area is 150 Å². The van der Waals surface area contributed by atoms with Crippen molar-refractivity contribution in [1.29, 1.82) is 0 Å². The molecule has 2 N–H and O–H groups in total. The standard InChI is InChI=1S/C17H17Cl2N3O2/c1-11-6-8-12(9-7-11)16(23)20-21-17(24)22(2)10-13-4-3-5-14(18)15(13)19/h3-9H,10H2,1-2H3,(H,20,23)(H,21,24). The van der Waals surface area contributed by atoms with Crippen molar-refractivity contribution in [3.05, 3.63) is 69.2 Å². The molecule has 5 nitrogen and oxygen atoms in total. The van der Waals surface area contributed by atoms with Gasteiger partial charge in [0.15, 0.2) is 0 Å². The van der Waals surface area contributed by atoms with Gasteiger partial charge in [0.25, 0.3) is 5.91 Å². The fourth-order valence-corrected chi connectivity index (χ4v) is 2.36. The molecular formula is C17H17Cl2N3O2. The zero-order valence-electron chi connectivity index (χ0n) is 13.3. The fraction of sp³-hybridized carbons (Fsp3) is 0.176. The molecule has 0 bridgehead atoms. The average Bonchev–Trinajstić information content (AvgIpc) is 2.57. The number of nitrogens with zero attached hydrogens (tertiary/aromatic N) is 1. The number of hydrazine groups is 1. The lowest BCUT2D eigenvalue weighted by molar-refractivity contribution is 0.0931. The van der Waals surface area contributed by atoms with Gasteiger partial charge in [-0.2, -0.15) is 0 Å². The van der Waals surface area contributed by atoms with Crippen LogP contribution in [0.2, 0.25) is 10.0 Å². The summed E-state index contributed by atoms with van der Waals surface area (Å²) in [6, 6.07) is 11.8. The number of halogens is 2. The topological polar surface area (TPSA) is 61.4 Å². The highest BCUT2D eigenvalue weighted by molar-refractivity contribution is 6.42. The SMILES string of the molecule is Cc1ccc(C(=O)NNC(=O)N(C)Cc2cccc(Cl)c2Cl)cc1. The van der Waals surface area contributed by atoms with Crippen molar-refractivity contribution in [2.75, 3.05) is 7.05 Å². The number of amides is 3. The third-order valence-corrected chi connectivity index (χ3v) is 4.24. The molecule has 0 fully saturated rings. The van der Waals surface area contributed by atoms with Crippen LogP contribution in [0.4, 0.5) is 4.79 Å². The Kier molecular flexibility index (Phi) is 6.06. The van der Waals surface area contributed by atoms with E-state index in [0.717, 1.165) is 5.56 Å². The highest BCUT2D eigenvalue weighted by Gasteiger charge is 2.13. The summed E-state index contributed by atoms with van der Waals surface area (Å²) in [5.41, 5.74) is 6.96.